The molecule has 0 aliphatic heterocycles. The molecule has 0 fully saturated rings. The average molecular weight is 388 g/mol. The number of amides is 1. The molecule has 0 unspecified atom stereocenters. The van der Waals surface area contributed by atoms with Crippen LogP contribution in [0.1, 0.15) is 16.1 Å². The van der Waals surface area contributed by atoms with Gasteiger partial charge >= 0.3 is 5.91 Å². The van der Waals surface area contributed by atoms with Gasteiger partial charge in [-0.25, -0.2) is 9.07 Å². The van der Waals surface area contributed by atoms with Gasteiger partial charge in [-0.15, -0.1) is 0 Å². The maximum atomic E-state index is 13.3. The first-order chi connectivity index (χ1) is 14.1. The Balaban J connectivity index is 1.66. The van der Waals surface area contributed by atoms with Crippen LogP contribution in [0.15, 0.2) is 85.2 Å². The molecule has 2 heterocycles. The van der Waals surface area contributed by atoms with Crippen LogP contribution < -0.4 is 10.0 Å². The fourth-order valence-electron chi connectivity index (χ4n) is 2.97. The Bertz CT molecular complexity index is 1140. The molecular weight excluding hydrogens is 371 g/mol. The molecule has 1 N–H and O–H groups in total. The zero-order valence-corrected chi connectivity index (χ0v) is 15.3. The number of nitrogens with zero attached hydrogens (tertiary/aromatic N) is 3. The second-order valence-electron chi connectivity index (χ2n) is 6.38. The minimum absolute atomic E-state index is 0.00582. The first-order valence-electron chi connectivity index (χ1n) is 8.98. The van der Waals surface area contributed by atoms with E-state index in [0.717, 1.165) is 16.8 Å². The second-order valence-corrected chi connectivity index (χ2v) is 6.38. The third-order valence-corrected chi connectivity index (χ3v) is 4.42. The van der Waals surface area contributed by atoms with Gasteiger partial charge in [0.05, 0.1) is 11.4 Å². The molecule has 0 bridgehead atoms. The summed E-state index contributed by atoms with van der Waals surface area (Å²) >= 11 is 0. The molecule has 0 aliphatic carbocycles. The summed E-state index contributed by atoms with van der Waals surface area (Å²) in [5, 5.41) is 19.2. The number of carbonyl (C=O) groups excluding carboxylic acids is 1. The van der Waals surface area contributed by atoms with E-state index in [2.05, 4.69) is 10.4 Å². The molecule has 4 aromatic rings. The Morgan fingerprint density at radius 3 is 2.48 bits per heavy atom. The van der Waals surface area contributed by atoms with Crippen LogP contribution in [0.5, 0.6) is 0 Å². The number of nitrogens with one attached hydrogen (secondary N) is 1. The molecule has 4 rings (SSSR count). The predicted molar refractivity (Wildman–Crippen MR) is 106 cm³/mol. The van der Waals surface area contributed by atoms with Gasteiger partial charge < -0.3 is 10.5 Å². The number of carbonyl (C=O) groups is 1. The van der Waals surface area contributed by atoms with E-state index < -0.39 is 5.91 Å². The maximum Gasteiger partial charge on any atom is 0.317 e. The van der Waals surface area contributed by atoms with Gasteiger partial charge in [0.1, 0.15) is 5.82 Å². The van der Waals surface area contributed by atoms with E-state index in [1.807, 2.05) is 36.5 Å². The lowest BCUT2D eigenvalue weighted by Gasteiger charge is -2.06. The van der Waals surface area contributed by atoms with Crippen LogP contribution in [0.2, 0.25) is 0 Å². The van der Waals surface area contributed by atoms with Crippen molar-refractivity contribution in [3.05, 3.63) is 107 Å². The van der Waals surface area contributed by atoms with Crippen LogP contribution >= 0.6 is 0 Å². The van der Waals surface area contributed by atoms with Crippen LogP contribution in [0.4, 0.5) is 4.39 Å². The summed E-state index contributed by atoms with van der Waals surface area (Å²) in [6, 6.07) is 20.2. The fraction of sp³-hybridized carbons (Fsp3) is 0.0455. The summed E-state index contributed by atoms with van der Waals surface area (Å²) < 4.78 is 15.6. The summed E-state index contributed by atoms with van der Waals surface area (Å²) in [7, 11) is 0. The lowest BCUT2D eigenvalue weighted by molar-refractivity contribution is -0.607. The highest BCUT2D eigenvalue weighted by Gasteiger charge is 2.17. The number of hydrogen-bond acceptors (Lipinski definition) is 3. The molecule has 1 amide bonds. The van der Waals surface area contributed by atoms with Gasteiger partial charge in [-0.1, -0.05) is 18.2 Å². The van der Waals surface area contributed by atoms with Crippen molar-refractivity contribution in [1.29, 1.82) is 0 Å². The summed E-state index contributed by atoms with van der Waals surface area (Å²) in [5.41, 5.74) is 2.95. The monoisotopic (exact) mass is 388 g/mol. The predicted octanol–water partition coefficient (Wildman–Crippen LogP) is 3.24. The van der Waals surface area contributed by atoms with Crippen molar-refractivity contribution in [3.63, 3.8) is 0 Å². The highest BCUT2D eigenvalue weighted by Crippen LogP contribution is 2.24. The normalized spacial score (nSPS) is 10.7. The quantitative estimate of drug-likeness (QED) is 0.421. The minimum atomic E-state index is -0.488. The third-order valence-electron chi connectivity index (χ3n) is 4.42. The fourth-order valence-corrected chi connectivity index (χ4v) is 2.97. The van der Waals surface area contributed by atoms with Gasteiger partial charge in [-0.2, -0.15) is 9.83 Å². The largest absolute Gasteiger partial charge is 0.618 e. The summed E-state index contributed by atoms with van der Waals surface area (Å²) in [6.07, 6.45) is 3.08. The van der Waals surface area contributed by atoms with Crippen molar-refractivity contribution in [1.82, 2.24) is 15.1 Å². The van der Waals surface area contributed by atoms with Gasteiger partial charge in [-0.05, 0) is 42.5 Å². The van der Waals surface area contributed by atoms with E-state index in [9.17, 15) is 14.4 Å². The lowest BCUT2D eigenvalue weighted by Crippen LogP contribution is -2.38. The molecule has 144 valence electrons. The van der Waals surface area contributed by atoms with Crippen molar-refractivity contribution < 1.29 is 13.9 Å². The summed E-state index contributed by atoms with van der Waals surface area (Å²) in [6.45, 7) is 0.160. The van der Waals surface area contributed by atoms with Gasteiger partial charge in [0.25, 0.3) is 5.69 Å². The third kappa shape index (κ3) is 3.98. The number of halogens is 1. The molecule has 0 atom stereocenters. The van der Waals surface area contributed by atoms with Crippen LogP contribution in [0.3, 0.4) is 0 Å². The van der Waals surface area contributed by atoms with Gasteiger partial charge in [0.15, 0.2) is 6.20 Å². The molecular formula is C22H17FN4O2. The first-order valence-corrected chi connectivity index (χ1v) is 8.98. The smallest absolute Gasteiger partial charge is 0.317 e. The number of hydrogen-bond donors (Lipinski definition) is 1. The number of benzene rings is 2. The first kappa shape index (κ1) is 18.4. The molecule has 0 spiro atoms. The number of aromatic nitrogens is 3. The van der Waals surface area contributed by atoms with Crippen molar-refractivity contribution in [2.45, 2.75) is 6.54 Å². The summed E-state index contributed by atoms with van der Waals surface area (Å²) in [5.74, 6) is -0.826. The molecule has 7 heteroatoms. The Labute approximate surface area is 166 Å². The molecule has 6 nitrogen and oxygen atoms in total. The molecule has 2 aromatic carbocycles. The van der Waals surface area contributed by atoms with Crippen molar-refractivity contribution in [3.8, 4) is 16.9 Å². The Kier molecular flexibility index (Phi) is 5.03. The van der Waals surface area contributed by atoms with E-state index in [4.69, 9.17) is 0 Å². The topological polar surface area (TPSA) is 73.9 Å². The maximum absolute atomic E-state index is 13.3. The van der Waals surface area contributed by atoms with Crippen LogP contribution in [-0.2, 0) is 6.54 Å². The SMILES string of the molecule is O=C(NCc1cn(-c2ccccc2)nc1-c1ccc(F)cc1)c1cccc[n+]1[O-]. The van der Waals surface area contributed by atoms with Gasteiger partial charge in [0, 0.05) is 36.0 Å². The van der Waals surface area contributed by atoms with E-state index in [1.54, 1.807) is 28.9 Å². The Morgan fingerprint density at radius 1 is 1.03 bits per heavy atom. The molecule has 0 radical (unpaired) electrons. The number of pyridine rings is 1. The molecule has 0 saturated heterocycles. The molecule has 2 aromatic heterocycles. The van der Waals surface area contributed by atoms with Crippen LogP contribution in [-0.4, -0.2) is 15.7 Å². The highest BCUT2D eigenvalue weighted by atomic mass is 19.1. The lowest BCUT2D eigenvalue weighted by atomic mass is 10.1. The minimum Gasteiger partial charge on any atom is -0.618 e. The van der Waals surface area contributed by atoms with Crippen LogP contribution in [0, 0.1) is 11.0 Å². The van der Waals surface area contributed by atoms with E-state index in [0.29, 0.717) is 10.4 Å². The zero-order chi connectivity index (χ0) is 20.2. The number of rotatable bonds is 5. The zero-order valence-electron chi connectivity index (χ0n) is 15.3. The van der Waals surface area contributed by atoms with E-state index in [-0.39, 0.29) is 18.1 Å². The second kappa shape index (κ2) is 7.93. The van der Waals surface area contributed by atoms with Gasteiger partial charge in [0.2, 0.25) is 0 Å². The van der Waals surface area contributed by atoms with Gasteiger partial charge in [-0.3, -0.25) is 4.79 Å². The van der Waals surface area contributed by atoms with Crippen LogP contribution in [0.25, 0.3) is 16.9 Å². The number of para-hydroxylation sites is 1. The van der Waals surface area contributed by atoms with Crippen molar-refractivity contribution in [2.75, 3.05) is 0 Å². The van der Waals surface area contributed by atoms with Crippen molar-refractivity contribution in [2.24, 2.45) is 0 Å². The van der Waals surface area contributed by atoms with Crippen molar-refractivity contribution >= 4 is 5.91 Å². The Morgan fingerprint density at radius 2 is 1.76 bits per heavy atom. The molecule has 0 aliphatic rings. The Hall–Kier alpha value is -4.00. The van der Waals surface area contributed by atoms with E-state index >= 15 is 0 Å². The standard InChI is InChI=1S/C22H17FN4O2/c23-18-11-9-16(10-12-18)21-17(15-26(25-21)19-6-2-1-3-7-19)14-24-22(28)20-8-4-5-13-27(20)29/h1-13,15H,14H2,(H,24,28). The molecule has 29 heavy (non-hydrogen) atoms. The summed E-state index contributed by atoms with van der Waals surface area (Å²) in [4.78, 5) is 12.4. The van der Waals surface area contributed by atoms with E-state index in [1.165, 1.54) is 24.4 Å². The average Bonchev–Trinajstić information content (AvgIpc) is 3.18. The highest BCUT2D eigenvalue weighted by molar-refractivity contribution is 5.90. The molecule has 0 saturated carbocycles.